The van der Waals surface area contributed by atoms with Crippen LogP contribution in [0.5, 0.6) is 0 Å². The number of nitrogens with two attached hydrogens (primary N) is 1. The first-order valence-corrected chi connectivity index (χ1v) is 5.42. The molecule has 1 aromatic heterocycles. The number of nitro groups is 1. The fraction of sp³-hybridized carbons (Fsp3) is 0.0833. The maximum atomic E-state index is 10.2. The Morgan fingerprint density at radius 3 is 2.53 bits per heavy atom. The molecule has 0 radical (unpaired) electrons. The molecule has 2 aliphatic rings. The molecule has 0 aromatic carbocycles. The molecule has 0 spiro atoms. The molecule has 0 aliphatic heterocycles. The number of nitrogens with zero attached hydrogens (tertiary/aromatic N) is 1. The van der Waals surface area contributed by atoms with Crippen molar-refractivity contribution in [1.82, 2.24) is 5.32 Å². The lowest BCUT2D eigenvalue weighted by Gasteiger charge is -2.01. The maximum Gasteiger partial charge on any atom is 0.312 e. The number of non-ortho nitro benzene ring substituents is 1. The van der Waals surface area contributed by atoms with Crippen LogP contribution in [0.3, 0.4) is 0 Å². The van der Waals surface area contributed by atoms with Gasteiger partial charge in [0.15, 0.2) is 0 Å². The van der Waals surface area contributed by atoms with Crippen molar-refractivity contribution < 1.29 is 14.1 Å². The summed E-state index contributed by atoms with van der Waals surface area (Å²) >= 11 is 0. The third-order valence-electron chi connectivity index (χ3n) is 2.52. The van der Waals surface area contributed by atoms with Crippen LogP contribution < -0.4 is 11.1 Å². The number of urea groups is 1. The van der Waals surface area contributed by atoms with E-state index in [1.807, 2.05) is 6.07 Å². The summed E-state index contributed by atoms with van der Waals surface area (Å²) in [6.45, 7) is 0.350. The van der Waals surface area contributed by atoms with Gasteiger partial charge in [-0.2, -0.15) is 0 Å². The first-order valence-electron chi connectivity index (χ1n) is 5.42. The Balaban J connectivity index is 0.000000141. The van der Waals surface area contributed by atoms with E-state index in [0.717, 1.165) is 10.4 Å². The van der Waals surface area contributed by atoms with E-state index < -0.39 is 6.03 Å². The Kier molecular flexibility index (Phi) is 3.46. The van der Waals surface area contributed by atoms with Crippen LogP contribution in [0, 0.1) is 20.6 Å². The van der Waals surface area contributed by atoms with Gasteiger partial charge in [-0.3, -0.25) is 10.1 Å². The van der Waals surface area contributed by atoms with Crippen LogP contribution in [0.25, 0.3) is 0 Å². The van der Waals surface area contributed by atoms with Gasteiger partial charge < -0.3 is 15.5 Å². The number of primary amides is 1. The topological polar surface area (TPSA) is 111 Å². The van der Waals surface area contributed by atoms with Crippen LogP contribution in [0.4, 0.5) is 10.5 Å². The molecule has 1 heterocycles. The van der Waals surface area contributed by atoms with Crippen LogP contribution in [0.1, 0.15) is 5.76 Å². The number of amides is 2. The van der Waals surface area contributed by atoms with Crippen molar-refractivity contribution in [2.75, 3.05) is 0 Å². The van der Waals surface area contributed by atoms with E-state index >= 15 is 0 Å². The Morgan fingerprint density at radius 2 is 2.21 bits per heavy atom. The second-order valence-electron chi connectivity index (χ2n) is 3.79. The van der Waals surface area contributed by atoms with E-state index in [0.29, 0.717) is 12.3 Å². The van der Waals surface area contributed by atoms with Crippen molar-refractivity contribution in [2.24, 2.45) is 5.73 Å². The molecule has 2 aliphatic carbocycles. The molecule has 0 atom stereocenters. The summed E-state index contributed by atoms with van der Waals surface area (Å²) in [5.41, 5.74) is 5.07. The maximum absolute atomic E-state index is 10.2. The molecule has 3 N–H and O–H groups in total. The van der Waals surface area contributed by atoms with Gasteiger partial charge >= 0.3 is 6.03 Å². The summed E-state index contributed by atoms with van der Waals surface area (Å²) in [6, 6.07) is 8.16. The number of rotatable bonds is 3. The van der Waals surface area contributed by atoms with E-state index in [2.05, 4.69) is 5.32 Å². The summed E-state index contributed by atoms with van der Waals surface area (Å²) in [5, 5.41) is 14.3. The molecule has 0 fully saturated rings. The first-order chi connectivity index (χ1) is 9.08. The highest BCUT2D eigenvalue weighted by molar-refractivity contribution is 5.71. The molecule has 0 saturated heterocycles. The van der Waals surface area contributed by atoms with Gasteiger partial charge in [0.05, 0.1) is 22.9 Å². The average molecular weight is 261 g/mol. The van der Waals surface area contributed by atoms with Crippen molar-refractivity contribution in [3.05, 3.63) is 62.9 Å². The van der Waals surface area contributed by atoms with Crippen LogP contribution in [-0.4, -0.2) is 11.0 Å². The fourth-order valence-corrected chi connectivity index (χ4v) is 1.51. The minimum atomic E-state index is -0.545. The summed E-state index contributed by atoms with van der Waals surface area (Å²) in [5.74, 6) is 0.693. The van der Waals surface area contributed by atoms with E-state index in [-0.39, 0.29) is 10.6 Å². The Morgan fingerprint density at radius 1 is 1.42 bits per heavy atom. The van der Waals surface area contributed by atoms with Gasteiger partial charge in [-0.15, -0.1) is 0 Å². The number of hydrogen-bond acceptors (Lipinski definition) is 4. The fourth-order valence-electron chi connectivity index (χ4n) is 1.51. The quantitative estimate of drug-likeness (QED) is 0.551. The van der Waals surface area contributed by atoms with Crippen molar-refractivity contribution >= 4 is 11.7 Å². The van der Waals surface area contributed by atoms with Gasteiger partial charge in [-0.05, 0) is 23.4 Å². The lowest BCUT2D eigenvalue weighted by atomic mass is 10.1. The molecule has 7 heteroatoms. The van der Waals surface area contributed by atoms with Gasteiger partial charge in [0.2, 0.25) is 0 Å². The predicted octanol–water partition coefficient (Wildman–Crippen LogP) is 1.64. The highest BCUT2D eigenvalue weighted by Crippen LogP contribution is 2.22. The minimum Gasteiger partial charge on any atom is -0.467 e. The summed E-state index contributed by atoms with van der Waals surface area (Å²) in [4.78, 5) is 19.8. The molecule has 3 rings (SSSR count). The van der Waals surface area contributed by atoms with Crippen molar-refractivity contribution in [1.29, 1.82) is 0 Å². The molecular weight excluding hydrogens is 250 g/mol. The van der Waals surface area contributed by atoms with E-state index in [9.17, 15) is 14.9 Å². The van der Waals surface area contributed by atoms with Crippen LogP contribution >= 0.6 is 0 Å². The second kappa shape index (κ2) is 5.21. The zero-order valence-electron chi connectivity index (χ0n) is 9.83. The molecule has 0 saturated carbocycles. The highest BCUT2D eigenvalue weighted by atomic mass is 16.6. The Labute approximate surface area is 107 Å². The number of carbonyl (C=O) groups is 1. The highest BCUT2D eigenvalue weighted by Gasteiger charge is 2.15. The number of benzene rings is 1. The molecule has 19 heavy (non-hydrogen) atoms. The summed E-state index contributed by atoms with van der Waals surface area (Å²) in [7, 11) is 0. The Hall–Kier alpha value is -2.83. The summed E-state index contributed by atoms with van der Waals surface area (Å²) < 4.78 is 4.91. The van der Waals surface area contributed by atoms with Crippen LogP contribution in [0.2, 0.25) is 0 Å². The molecular formula is C12H11N3O4. The van der Waals surface area contributed by atoms with Gasteiger partial charge in [-0.1, -0.05) is 6.07 Å². The SMILES string of the molecule is NC(=O)NCc1ccco1.O=[N+]([O-])c1cc2ccc1=2. The van der Waals surface area contributed by atoms with Gasteiger partial charge in [0.1, 0.15) is 5.76 Å². The minimum absolute atomic E-state index is 0.257. The zero-order chi connectivity index (χ0) is 13.8. The van der Waals surface area contributed by atoms with E-state index in [4.69, 9.17) is 10.2 Å². The number of carbonyl (C=O) groups excluding carboxylic acids is 1. The molecule has 98 valence electrons. The molecule has 1 aromatic rings. The number of nitrogens with one attached hydrogen (secondary N) is 1. The number of hydrogen-bond donors (Lipinski definition) is 2. The summed E-state index contributed by atoms with van der Waals surface area (Å²) in [6.07, 6.45) is 1.54. The second-order valence-corrected chi connectivity index (χ2v) is 3.79. The normalized spacial score (nSPS) is 10.1. The third-order valence-corrected chi connectivity index (χ3v) is 2.52. The third kappa shape index (κ3) is 2.89. The first kappa shape index (κ1) is 12.6. The largest absolute Gasteiger partial charge is 0.467 e. The molecule has 2 amide bonds. The predicted molar refractivity (Wildman–Crippen MR) is 65.9 cm³/mol. The number of nitro benzene ring substituents is 1. The Bertz CT molecular complexity index is 694. The number of furan rings is 1. The monoisotopic (exact) mass is 261 g/mol. The van der Waals surface area contributed by atoms with Gasteiger partial charge in [0.25, 0.3) is 5.69 Å². The van der Waals surface area contributed by atoms with Gasteiger partial charge in [-0.25, -0.2) is 4.79 Å². The molecule has 7 nitrogen and oxygen atoms in total. The van der Waals surface area contributed by atoms with Crippen molar-refractivity contribution in [2.45, 2.75) is 6.54 Å². The van der Waals surface area contributed by atoms with E-state index in [1.54, 1.807) is 24.3 Å². The van der Waals surface area contributed by atoms with Crippen LogP contribution in [-0.2, 0) is 6.54 Å². The van der Waals surface area contributed by atoms with Crippen molar-refractivity contribution in [3.8, 4) is 0 Å². The average Bonchev–Trinajstić information content (AvgIpc) is 2.83. The lowest BCUT2D eigenvalue weighted by molar-refractivity contribution is -0.386. The van der Waals surface area contributed by atoms with Crippen molar-refractivity contribution in [3.63, 3.8) is 0 Å². The van der Waals surface area contributed by atoms with Gasteiger partial charge in [0, 0.05) is 6.07 Å². The van der Waals surface area contributed by atoms with Crippen LogP contribution in [0.15, 0.2) is 41.0 Å². The smallest absolute Gasteiger partial charge is 0.312 e. The molecule has 0 unspecified atom stereocenters. The zero-order valence-corrected chi connectivity index (χ0v) is 9.83. The molecule has 0 bridgehead atoms. The standard InChI is InChI=1S/C6H8N2O2.C6H3NO2/c7-6(9)8-4-5-2-1-3-10-5;8-7(9)6-3-4-1-2-5(4)6/h1-3H,4H2,(H3,7,8,9);1-3H. The lowest BCUT2D eigenvalue weighted by Crippen LogP contribution is -2.28. The van der Waals surface area contributed by atoms with E-state index in [1.165, 1.54) is 6.26 Å².